The van der Waals surface area contributed by atoms with Gasteiger partial charge in [0.25, 0.3) is 0 Å². The molecular formula is C24H30FN5O. The molecule has 1 saturated heterocycles. The number of likely N-dealkylation sites (tertiary alicyclic amines) is 1. The molecule has 3 heterocycles. The summed E-state index contributed by atoms with van der Waals surface area (Å²) in [6.07, 6.45) is 7.84. The summed E-state index contributed by atoms with van der Waals surface area (Å²) in [5.74, 6) is 0.471. The van der Waals surface area contributed by atoms with Gasteiger partial charge >= 0.3 is 0 Å². The van der Waals surface area contributed by atoms with E-state index in [4.69, 9.17) is 0 Å². The first-order valence-corrected chi connectivity index (χ1v) is 11.0. The van der Waals surface area contributed by atoms with Crippen molar-refractivity contribution in [2.45, 2.75) is 38.6 Å². The van der Waals surface area contributed by atoms with E-state index in [1.807, 2.05) is 21.7 Å². The fourth-order valence-electron chi connectivity index (χ4n) is 4.37. The zero-order chi connectivity index (χ0) is 21.8. The van der Waals surface area contributed by atoms with E-state index in [2.05, 4.69) is 29.1 Å². The van der Waals surface area contributed by atoms with Crippen LogP contribution in [-0.4, -0.2) is 57.5 Å². The number of hydrogen-bond donors (Lipinski definition) is 0. The highest BCUT2D eigenvalue weighted by Gasteiger charge is 2.24. The standard InChI is InChI=1S/C24H30FN5O/c1-28(2)17-20-16-26-23-9-12-27-30(23)22(20)15-19-10-13-29(14-11-19)24(31)8-5-18-3-6-21(25)7-4-18/h3-4,6-7,9,12,16,19H,5,8,10-11,13-15,17H2,1-2H3. The molecule has 2 aromatic heterocycles. The number of nitrogens with zero attached hydrogens (tertiary/aromatic N) is 5. The smallest absolute Gasteiger partial charge is 0.222 e. The van der Waals surface area contributed by atoms with Gasteiger partial charge in [0.1, 0.15) is 5.82 Å². The van der Waals surface area contributed by atoms with Crippen molar-refractivity contribution in [1.29, 1.82) is 0 Å². The van der Waals surface area contributed by atoms with Crippen molar-refractivity contribution in [1.82, 2.24) is 24.4 Å². The fraction of sp³-hybridized carbons (Fsp3) is 0.458. The molecule has 0 atom stereocenters. The van der Waals surface area contributed by atoms with Crippen molar-refractivity contribution in [2.24, 2.45) is 5.92 Å². The Balaban J connectivity index is 1.34. The Morgan fingerprint density at radius 2 is 1.90 bits per heavy atom. The van der Waals surface area contributed by atoms with Gasteiger partial charge in [-0.3, -0.25) is 4.79 Å². The second-order valence-electron chi connectivity index (χ2n) is 8.72. The highest BCUT2D eigenvalue weighted by Crippen LogP contribution is 2.24. The number of aromatic nitrogens is 3. The number of fused-ring (bicyclic) bond motifs is 1. The third-order valence-electron chi connectivity index (χ3n) is 6.08. The lowest BCUT2D eigenvalue weighted by atomic mass is 9.90. The van der Waals surface area contributed by atoms with Crippen LogP contribution in [0, 0.1) is 11.7 Å². The quantitative estimate of drug-likeness (QED) is 0.585. The number of aryl methyl sites for hydroxylation is 1. The summed E-state index contributed by atoms with van der Waals surface area (Å²) in [4.78, 5) is 21.3. The Hall–Kier alpha value is -2.80. The van der Waals surface area contributed by atoms with E-state index in [-0.39, 0.29) is 11.7 Å². The lowest BCUT2D eigenvalue weighted by Gasteiger charge is -2.32. The number of rotatable bonds is 7. The Bertz CT molecular complexity index is 1020. The van der Waals surface area contributed by atoms with Crippen molar-refractivity contribution < 1.29 is 9.18 Å². The van der Waals surface area contributed by atoms with E-state index in [9.17, 15) is 9.18 Å². The predicted molar refractivity (Wildman–Crippen MR) is 118 cm³/mol. The number of halogens is 1. The van der Waals surface area contributed by atoms with Crippen molar-refractivity contribution in [3.8, 4) is 0 Å². The Labute approximate surface area is 182 Å². The molecule has 3 aromatic rings. The fourth-order valence-corrected chi connectivity index (χ4v) is 4.37. The van der Waals surface area contributed by atoms with Gasteiger partial charge in [0.05, 0.1) is 11.9 Å². The van der Waals surface area contributed by atoms with Crippen LogP contribution in [0.15, 0.2) is 42.7 Å². The van der Waals surface area contributed by atoms with Crippen molar-refractivity contribution in [2.75, 3.05) is 27.2 Å². The first-order valence-electron chi connectivity index (χ1n) is 11.0. The Kier molecular flexibility index (Phi) is 6.61. The highest BCUT2D eigenvalue weighted by atomic mass is 19.1. The molecule has 31 heavy (non-hydrogen) atoms. The Morgan fingerprint density at radius 1 is 1.16 bits per heavy atom. The normalized spacial score (nSPS) is 15.2. The second kappa shape index (κ2) is 9.56. The molecule has 6 nitrogen and oxygen atoms in total. The largest absolute Gasteiger partial charge is 0.343 e. The number of carbonyl (C=O) groups is 1. The first-order chi connectivity index (χ1) is 15.0. The molecule has 1 fully saturated rings. The molecule has 0 bridgehead atoms. The molecule has 0 radical (unpaired) electrons. The molecule has 1 aliphatic rings. The molecule has 1 amide bonds. The summed E-state index contributed by atoms with van der Waals surface area (Å²) < 4.78 is 15.0. The summed E-state index contributed by atoms with van der Waals surface area (Å²) in [5.41, 5.74) is 4.31. The lowest BCUT2D eigenvalue weighted by molar-refractivity contribution is -0.132. The van der Waals surface area contributed by atoms with Gasteiger partial charge in [0, 0.05) is 43.9 Å². The van der Waals surface area contributed by atoms with Gasteiger partial charge in [-0.2, -0.15) is 5.10 Å². The maximum absolute atomic E-state index is 13.0. The summed E-state index contributed by atoms with van der Waals surface area (Å²) in [6, 6.07) is 8.35. The summed E-state index contributed by atoms with van der Waals surface area (Å²) >= 11 is 0. The van der Waals surface area contributed by atoms with E-state index in [0.717, 1.165) is 50.1 Å². The maximum Gasteiger partial charge on any atom is 0.222 e. The minimum Gasteiger partial charge on any atom is -0.343 e. The predicted octanol–water partition coefficient (Wildman–Crippen LogP) is 3.34. The summed E-state index contributed by atoms with van der Waals surface area (Å²) in [6.45, 7) is 2.42. The number of piperidine rings is 1. The minimum atomic E-state index is -0.243. The molecule has 1 aromatic carbocycles. The van der Waals surface area contributed by atoms with Gasteiger partial charge in [0.15, 0.2) is 5.65 Å². The molecule has 0 saturated carbocycles. The van der Waals surface area contributed by atoms with Crippen LogP contribution >= 0.6 is 0 Å². The zero-order valence-corrected chi connectivity index (χ0v) is 18.3. The molecule has 164 valence electrons. The van der Waals surface area contributed by atoms with E-state index in [0.29, 0.717) is 18.8 Å². The van der Waals surface area contributed by atoms with Crippen molar-refractivity contribution >= 4 is 11.6 Å². The van der Waals surface area contributed by atoms with E-state index in [1.54, 1.807) is 18.3 Å². The molecule has 7 heteroatoms. The number of benzene rings is 1. The van der Waals surface area contributed by atoms with Crippen LogP contribution in [0.2, 0.25) is 0 Å². The molecule has 1 aliphatic heterocycles. The van der Waals surface area contributed by atoms with Gasteiger partial charge in [-0.1, -0.05) is 12.1 Å². The van der Waals surface area contributed by atoms with Gasteiger partial charge in [-0.05, 0) is 63.4 Å². The molecular weight excluding hydrogens is 393 g/mol. The van der Waals surface area contributed by atoms with Gasteiger partial charge in [-0.25, -0.2) is 13.9 Å². The SMILES string of the molecule is CN(C)Cc1cnc2ccnn2c1CC1CCN(C(=O)CCc2ccc(F)cc2)CC1. The molecule has 0 unspecified atom stereocenters. The maximum atomic E-state index is 13.0. The number of amides is 1. The molecule has 0 aliphatic carbocycles. The second-order valence-corrected chi connectivity index (χ2v) is 8.72. The van der Waals surface area contributed by atoms with Crippen LogP contribution in [0.3, 0.4) is 0 Å². The van der Waals surface area contributed by atoms with Gasteiger partial charge in [0.2, 0.25) is 5.91 Å². The zero-order valence-electron chi connectivity index (χ0n) is 18.3. The van der Waals surface area contributed by atoms with E-state index >= 15 is 0 Å². The van der Waals surface area contributed by atoms with Gasteiger partial charge < -0.3 is 9.80 Å². The number of carbonyl (C=O) groups excluding carboxylic acids is 1. The van der Waals surface area contributed by atoms with E-state index < -0.39 is 0 Å². The average molecular weight is 424 g/mol. The van der Waals surface area contributed by atoms with Crippen LogP contribution in [0.4, 0.5) is 4.39 Å². The molecule has 0 N–H and O–H groups in total. The van der Waals surface area contributed by atoms with Crippen LogP contribution in [0.5, 0.6) is 0 Å². The third kappa shape index (κ3) is 5.28. The lowest BCUT2D eigenvalue weighted by Crippen LogP contribution is -2.39. The Morgan fingerprint density at radius 3 is 2.61 bits per heavy atom. The van der Waals surface area contributed by atoms with Crippen LogP contribution in [0.1, 0.15) is 36.1 Å². The summed E-state index contributed by atoms with van der Waals surface area (Å²) in [5, 5.41) is 4.50. The summed E-state index contributed by atoms with van der Waals surface area (Å²) in [7, 11) is 4.13. The molecule has 4 rings (SSSR count). The van der Waals surface area contributed by atoms with Crippen molar-refractivity contribution in [3.63, 3.8) is 0 Å². The topological polar surface area (TPSA) is 53.7 Å². The monoisotopic (exact) mass is 423 g/mol. The van der Waals surface area contributed by atoms with E-state index in [1.165, 1.54) is 23.4 Å². The van der Waals surface area contributed by atoms with Crippen LogP contribution in [0.25, 0.3) is 5.65 Å². The minimum absolute atomic E-state index is 0.189. The average Bonchev–Trinajstić information content (AvgIpc) is 3.24. The van der Waals surface area contributed by atoms with Crippen LogP contribution < -0.4 is 0 Å². The third-order valence-corrected chi connectivity index (χ3v) is 6.08. The van der Waals surface area contributed by atoms with Crippen molar-refractivity contribution in [3.05, 3.63) is 65.4 Å². The van der Waals surface area contributed by atoms with Crippen LogP contribution in [-0.2, 0) is 24.2 Å². The highest BCUT2D eigenvalue weighted by molar-refractivity contribution is 5.76. The molecule has 0 spiro atoms. The van der Waals surface area contributed by atoms with Gasteiger partial charge in [-0.15, -0.1) is 0 Å². The number of hydrogen-bond acceptors (Lipinski definition) is 4. The first kappa shape index (κ1) is 21.4.